The van der Waals surface area contributed by atoms with E-state index in [1.165, 1.54) is 0 Å². The molecule has 1 aliphatic heterocycles. The standard InChI is InChI=1S/C12H20N6O/c1-8-6-18(7-10(8)17(2)3)12(19)9-4-5-11(14-13)16-15-9/h4-5,8,10H,6-7,13H2,1-3H3,(H,14,16). The summed E-state index contributed by atoms with van der Waals surface area (Å²) < 4.78 is 0. The van der Waals surface area contributed by atoms with Crippen molar-refractivity contribution in [1.82, 2.24) is 20.0 Å². The highest BCUT2D eigenvalue weighted by Crippen LogP contribution is 2.21. The Morgan fingerprint density at radius 1 is 1.42 bits per heavy atom. The average molecular weight is 264 g/mol. The number of nitrogens with zero attached hydrogens (tertiary/aromatic N) is 4. The number of hydrogen-bond acceptors (Lipinski definition) is 6. The molecule has 2 rings (SSSR count). The molecule has 0 spiro atoms. The van der Waals surface area contributed by atoms with Crippen LogP contribution in [0.3, 0.4) is 0 Å². The number of nitrogens with one attached hydrogen (secondary N) is 1. The molecule has 1 aromatic rings. The highest BCUT2D eigenvalue weighted by Gasteiger charge is 2.34. The first-order chi connectivity index (χ1) is 9.02. The maximum Gasteiger partial charge on any atom is 0.274 e. The molecular weight excluding hydrogens is 244 g/mol. The number of likely N-dealkylation sites (N-methyl/N-ethyl adjacent to an activating group) is 1. The summed E-state index contributed by atoms with van der Waals surface area (Å²) >= 11 is 0. The Morgan fingerprint density at radius 2 is 2.16 bits per heavy atom. The van der Waals surface area contributed by atoms with Crippen LogP contribution in [0.1, 0.15) is 17.4 Å². The van der Waals surface area contributed by atoms with E-state index in [0.29, 0.717) is 23.5 Å². The highest BCUT2D eigenvalue weighted by molar-refractivity contribution is 5.92. The number of amides is 1. The van der Waals surface area contributed by atoms with Gasteiger partial charge in [-0.05, 0) is 32.1 Å². The van der Waals surface area contributed by atoms with E-state index in [1.54, 1.807) is 12.1 Å². The Kier molecular flexibility index (Phi) is 3.96. The monoisotopic (exact) mass is 264 g/mol. The van der Waals surface area contributed by atoms with Gasteiger partial charge in [-0.25, -0.2) is 5.84 Å². The molecule has 0 radical (unpaired) electrons. The minimum Gasteiger partial charge on any atom is -0.335 e. The summed E-state index contributed by atoms with van der Waals surface area (Å²) in [5, 5.41) is 7.71. The number of carbonyl (C=O) groups excluding carboxylic acids is 1. The predicted molar refractivity (Wildman–Crippen MR) is 72.4 cm³/mol. The molecule has 0 aliphatic carbocycles. The molecule has 7 nitrogen and oxygen atoms in total. The summed E-state index contributed by atoms with van der Waals surface area (Å²) in [6.45, 7) is 3.64. The molecule has 19 heavy (non-hydrogen) atoms. The van der Waals surface area contributed by atoms with Crippen LogP contribution in [0.25, 0.3) is 0 Å². The van der Waals surface area contributed by atoms with Crippen LogP contribution in [0.15, 0.2) is 12.1 Å². The molecule has 1 aromatic heterocycles. The molecule has 104 valence electrons. The third kappa shape index (κ3) is 2.82. The second-order valence-electron chi connectivity index (χ2n) is 5.17. The molecule has 0 bridgehead atoms. The van der Waals surface area contributed by atoms with Crippen molar-refractivity contribution >= 4 is 11.7 Å². The van der Waals surface area contributed by atoms with Crippen molar-refractivity contribution in [3.05, 3.63) is 17.8 Å². The van der Waals surface area contributed by atoms with E-state index in [0.717, 1.165) is 13.1 Å². The zero-order chi connectivity index (χ0) is 14.0. The fourth-order valence-corrected chi connectivity index (χ4v) is 2.47. The van der Waals surface area contributed by atoms with Gasteiger partial charge in [0.15, 0.2) is 11.5 Å². The molecule has 1 fully saturated rings. The van der Waals surface area contributed by atoms with Crippen molar-refractivity contribution < 1.29 is 4.79 Å². The molecular formula is C12H20N6O. The van der Waals surface area contributed by atoms with Crippen molar-refractivity contribution in [2.45, 2.75) is 13.0 Å². The van der Waals surface area contributed by atoms with Gasteiger partial charge in [-0.2, -0.15) is 0 Å². The first-order valence-electron chi connectivity index (χ1n) is 6.29. The average Bonchev–Trinajstić information content (AvgIpc) is 2.80. The summed E-state index contributed by atoms with van der Waals surface area (Å²) in [7, 11) is 4.08. The summed E-state index contributed by atoms with van der Waals surface area (Å²) in [6, 6.07) is 3.67. The van der Waals surface area contributed by atoms with E-state index in [9.17, 15) is 4.79 Å². The number of likely N-dealkylation sites (tertiary alicyclic amines) is 1. The van der Waals surface area contributed by atoms with Gasteiger partial charge >= 0.3 is 0 Å². The zero-order valence-electron chi connectivity index (χ0n) is 11.5. The van der Waals surface area contributed by atoms with Gasteiger partial charge in [0.1, 0.15) is 0 Å². The van der Waals surface area contributed by atoms with Gasteiger partial charge < -0.3 is 15.2 Å². The van der Waals surface area contributed by atoms with Gasteiger partial charge in [0.05, 0.1) is 0 Å². The first kappa shape index (κ1) is 13.7. The summed E-state index contributed by atoms with van der Waals surface area (Å²) in [5.74, 6) is 6.04. The first-order valence-corrected chi connectivity index (χ1v) is 6.29. The van der Waals surface area contributed by atoms with Crippen LogP contribution in [-0.2, 0) is 0 Å². The Labute approximate surface area is 112 Å². The van der Waals surface area contributed by atoms with E-state index in [-0.39, 0.29) is 5.91 Å². The summed E-state index contributed by atoms with van der Waals surface area (Å²) in [6.07, 6.45) is 0. The Morgan fingerprint density at radius 3 is 2.63 bits per heavy atom. The smallest absolute Gasteiger partial charge is 0.274 e. The number of hydrogen-bond donors (Lipinski definition) is 2. The number of nitrogen functional groups attached to an aromatic ring is 1. The van der Waals surface area contributed by atoms with Crippen molar-refractivity contribution in [3.8, 4) is 0 Å². The third-order valence-electron chi connectivity index (χ3n) is 3.55. The fourth-order valence-electron chi connectivity index (χ4n) is 2.47. The number of anilines is 1. The molecule has 2 unspecified atom stereocenters. The lowest BCUT2D eigenvalue weighted by Crippen LogP contribution is -2.36. The number of rotatable bonds is 3. The van der Waals surface area contributed by atoms with Crippen LogP contribution in [0.2, 0.25) is 0 Å². The van der Waals surface area contributed by atoms with Crippen LogP contribution in [0, 0.1) is 5.92 Å². The summed E-state index contributed by atoms with van der Waals surface area (Å²) in [5.41, 5.74) is 2.74. The Hall–Kier alpha value is -1.73. The Bertz CT molecular complexity index is 446. The number of nitrogens with two attached hydrogens (primary N) is 1. The molecule has 1 aliphatic rings. The molecule has 2 heterocycles. The molecule has 2 atom stereocenters. The van der Waals surface area contributed by atoms with Crippen LogP contribution >= 0.6 is 0 Å². The lowest BCUT2D eigenvalue weighted by molar-refractivity contribution is 0.0774. The van der Waals surface area contributed by atoms with E-state index in [2.05, 4.69) is 27.4 Å². The third-order valence-corrected chi connectivity index (χ3v) is 3.55. The van der Waals surface area contributed by atoms with Gasteiger partial charge in [-0.15, -0.1) is 10.2 Å². The predicted octanol–water partition coefficient (Wildman–Crippen LogP) is -0.216. The molecule has 1 amide bonds. The van der Waals surface area contributed by atoms with Gasteiger partial charge in [-0.1, -0.05) is 6.92 Å². The Balaban J connectivity index is 2.08. The lowest BCUT2D eigenvalue weighted by Gasteiger charge is -2.22. The van der Waals surface area contributed by atoms with Crippen molar-refractivity contribution in [3.63, 3.8) is 0 Å². The minimum atomic E-state index is -0.0766. The van der Waals surface area contributed by atoms with Gasteiger partial charge in [0.2, 0.25) is 0 Å². The molecule has 1 saturated heterocycles. The SMILES string of the molecule is CC1CN(C(=O)c2ccc(NN)nn2)CC1N(C)C. The maximum atomic E-state index is 12.3. The van der Waals surface area contributed by atoms with Crippen molar-refractivity contribution in [2.24, 2.45) is 11.8 Å². The molecule has 0 saturated carbocycles. The maximum absolute atomic E-state index is 12.3. The van der Waals surface area contributed by atoms with E-state index >= 15 is 0 Å². The summed E-state index contributed by atoms with van der Waals surface area (Å²) in [4.78, 5) is 16.3. The van der Waals surface area contributed by atoms with E-state index < -0.39 is 0 Å². The van der Waals surface area contributed by atoms with Crippen LogP contribution in [0.4, 0.5) is 5.82 Å². The lowest BCUT2D eigenvalue weighted by atomic mass is 10.1. The van der Waals surface area contributed by atoms with Gasteiger partial charge in [-0.3, -0.25) is 4.79 Å². The van der Waals surface area contributed by atoms with Gasteiger partial charge in [0.25, 0.3) is 5.91 Å². The second-order valence-corrected chi connectivity index (χ2v) is 5.17. The van der Waals surface area contributed by atoms with Crippen LogP contribution in [-0.4, -0.2) is 59.1 Å². The molecule has 3 N–H and O–H groups in total. The second kappa shape index (κ2) is 5.50. The molecule has 0 aromatic carbocycles. The largest absolute Gasteiger partial charge is 0.335 e. The van der Waals surface area contributed by atoms with Crippen LogP contribution in [0.5, 0.6) is 0 Å². The zero-order valence-corrected chi connectivity index (χ0v) is 11.5. The topological polar surface area (TPSA) is 87.4 Å². The quantitative estimate of drug-likeness (QED) is 0.580. The number of hydrazine groups is 1. The minimum absolute atomic E-state index is 0.0766. The normalized spacial score (nSPS) is 22.9. The van der Waals surface area contributed by atoms with Crippen molar-refractivity contribution in [2.75, 3.05) is 32.6 Å². The van der Waals surface area contributed by atoms with Crippen molar-refractivity contribution in [1.29, 1.82) is 0 Å². The highest BCUT2D eigenvalue weighted by atomic mass is 16.2. The fraction of sp³-hybridized carbons (Fsp3) is 0.583. The van der Waals surface area contributed by atoms with E-state index in [4.69, 9.17) is 5.84 Å². The molecule has 7 heteroatoms. The van der Waals surface area contributed by atoms with Crippen LogP contribution < -0.4 is 11.3 Å². The number of aromatic nitrogens is 2. The van der Waals surface area contributed by atoms with E-state index in [1.807, 2.05) is 19.0 Å². The number of carbonyl (C=O) groups is 1. The van der Waals surface area contributed by atoms with Gasteiger partial charge in [0, 0.05) is 19.1 Å².